The monoisotopic (exact) mass is 314 g/mol. The van der Waals surface area contributed by atoms with Crippen LogP contribution in [0.2, 0.25) is 0 Å². The van der Waals surface area contributed by atoms with Crippen LogP contribution in [0, 0.1) is 0 Å². The number of hydrogen-bond donors (Lipinski definition) is 2. The molecule has 3 nitrogen and oxygen atoms in total. The van der Waals surface area contributed by atoms with Gasteiger partial charge in [0.1, 0.15) is 5.75 Å². The smallest absolute Gasteiger partial charge is 0.118 e. The van der Waals surface area contributed by atoms with Gasteiger partial charge in [0.25, 0.3) is 0 Å². The Hall–Kier alpha value is -1.84. The summed E-state index contributed by atoms with van der Waals surface area (Å²) in [5.74, 6) is 0.749. The first kappa shape index (κ1) is 17.5. The van der Waals surface area contributed by atoms with E-state index in [1.54, 1.807) is 7.11 Å². The highest BCUT2D eigenvalue weighted by molar-refractivity contribution is 5.30. The lowest BCUT2D eigenvalue weighted by Gasteiger charge is -2.21. The fourth-order valence-electron chi connectivity index (χ4n) is 2.51. The first-order valence-electron chi connectivity index (χ1n) is 7.92. The summed E-state index contributed by atoms with van der Waals surface area (Å²) >= 11 is 0. The van der Waals surface area contributed by atoms with Crippen LogP contribution in [0.1, 0.15) is 56.1 Å². The summed E-state index contributed by atoms with van der Waals surface area (Å²) in [6.45, 7) is 6.48. The molecule has 2 aromatic rings. The van der Waals surface area contributed by atoms with E-state index in [0.717, 1.165) is 16.9 Å². The van der Waals surface area contributed by atoms with Gasteiger partial charge < -0.3 is 14.9 Å². The highest BCUT2D eigenvalue weighted by Gasteiger charge is 2.17. The maximum atomic E-state index is 10.4. The molecular formula is C20H26O3. The van der Waals surface area contributed by atoms with Gasteiger partial charge in [0.05, 0.1) is 19.3 Å². The van der Waals surface area contributed by atoms with Crippen molar-refractivity contribution in [3.63, 3.8) is 0 Å². The van der Waals surface area contributed by atoms with Crippen LogP contribution in [-0.4, -0.2) is 17.3 Å². The molecule has 0 unspecified atom stereocenters. The van der Waals surface area contributed by atoms with Crippen molar-refractivity contribution in [2.75, 3.05) is 7.11 Å². The Morgan fingerprint density at radius 2 is 1.26 bits per heavy atom. The number of aliphatic hydroxyl groups excluding tert-OH is 2. The zero-order valence-corrected chi connectivity index (χ0v) is 14.3. The van der Waals surface area contributed by atoms with Crippen molar-refractivity contribution >= 4 is 0 Å². The molecule has 0 fully saturated rings. The second kappa shape index (κ2) is 7.16. The quantitative estimate of drug-likeness (QED) is 0.871. The highest BCUT2D eigenvalue weighted by Crippen LogP contribution is 2.29. The summed E-state index contributed by atoms with van der Waals surface area (Å²) in [7, 11) is 1.61. The number of benzene rings is 2. The van der Waals surface area contributed by atoms with E-state index in [0.29, 0.717) is 0 Å². The van der Waals surface area contributed by atoms with Gasteiger partial charge in [-0.25, -0.2) is 0 Å². The fourth-order valence-corrected chi connectivity index (χ4v) is 2.51. The molecule has 2 aromatic carbocycles. The predicted molar refractivity (Wildman–Crippen MR) is 92.7 cm³/mol. The summed E-state index contributed by atoms with van der Waals surface area (Å²) in [6, 6.07) is 15.2. The van der Waals surface area contributed by atoms with Crippen LogP contribution in [0.4, 0.5) is 0 Å². The molecule has 2 atom stereocenters. The molecule has 3 heteroatoms. The van der Waals surface area contributed by atoms with Gasteiger partial charge in [0.2, 0.25) is 0 Å². The molecule has 0 radical (unpaired) electrons. The number of aliphatic hydroxyl groups is 2. The van der Waals surface area contributed by atoms with Crippen LogP contribution in [0.3, 0.4) is 0 Å². The van der Waals surface area contributed by atoms with E-state index in [-0.39, 0.29) is 11.8 Å². The molecule has 0 heterocycles. The van der Waals surface area contributed by atoms with Gasteiger partial charge in [-0.3, -0.25) is 0 Å². The lowest BCUT2D eigenvalue weighted by molar-refractivity contribution is 0.0804. The highest BCUT2D eigenvalue weighted by atomic mass is 16.5. The van der Waals surface area contributed by atoms with Crippen LogP contribution >= 0.6 is 0 Å². The van der Waals surface area contributed by atoms with Crippen molar-refractivity contribution < 1.29 is 14.9 Å². The van der Waals surface area contributed by atoms with E-state index >= 15 is 0 Å². The zero-order valence-electron chi connectivity index (χ0n) is 14.3. The van der Waals surface area contributed by atoms with E-state index < -0.39 is 12.2 Å². The van der Waals surface area contributed by atoms with E-state index in [1.807, 2.05) is 48.5 Å². The van der Waals surface area contributed by atoms with Crippen molar-refractivity contribution in [1.82, 2.24) is 0 Å². The molecule has 0 aliphatic carbocycles. The van der Waals surface area contributed by atoms with E-state index in [2.05, 4.69) is 20.8 Å². The third-order valence-electron chi connectivity index (χ3n) is 4.11. The summed E-state index contributed by atoms with van der Waals surface area (Å²) < 4.78 is 5.11. The van der Waals surface area contributed by atoms with Crippen LogP contribution in [-0.2, 0) is 5.41 Å². The summed E-state index contributed by atoms with van der Waals surface area (Å²) in [6.07, 6.45) is -1.14. The summed E-state index contributed by atoms with van der Waals surface area (Å²) in [4.78, 5) is 0. The molecule has 23 heavy (non-hydrogen) atoms. The Balaban J connectivity index is 2.04. The number of ether oxygens (including phenoxy) is 1. The third kappa shape index (κ3) is 4.57. The third-order valence-corrected chi connectivity index (χ3v) is 4.11. The van der Waals surface area contributed by atoms with E-state index in [1.165, 1.54) is 5.56 Å². The molecule has 0 spiro atoms. The van der Waals surface area contributed by atoms with Gasteiger partial charge in [-0.2, -0.15) is 0 Å². The van der Waals surface area contributed by atoms with Gasteiger partial charge in [-0.05, 0) is 34.2 Å². The predicted octanol–water partition coefficient (Wildman–Crippen LogP) is 4.15. The first-order valence-corrected chi connectivity index (χ1v) is 7.92. The van der Waals surface area contributed by atoms with Gasteiger partial charge in [0.15, 0.2) is 0 Å². The fraction of sp³-hybridized carbons (Fsp3) is 0.400. The van der Waals surface area contributed by atoms with E-state index in [9.17, 15) is 10.2 Å². The Bertz CT molecular complexity index is 609. The van der Waals surface area contributed by atoms with Gasteiger partial charge in [-0.15, -0.1) is 0 Å². The van der Waals surface area contributed by atoms with Crippen LogP contribution in [0.5, 0.6) is 5.75 Å². The Morgan fingerprint density at radius 1 is 0.826 bits per heavy atom. The second-order valence-electron chi connectivity index (χ2n) is 6.91. The Labute approximate surface area is 138 Å². The van der Waals surface area contributed by atoms with Crippen molar-refractivity contribution in [3.8, 4) is 5.75 Å². The molecule has 2 N–H and O–H groups in total. The van der Waals surface area contributed by atoms with E-state index in [4.69, 9.17) is 4.74 Å². The second-order valence-corrected chi connectivity index (χ2v) is 6.91. The minimum Gasteiger partial charge on any atom is -0.497 e. The largest absolute Gasteiger partial charge is 0.497 e. The molecule has 2 rings (SSSR count). The van der Waals surface area contributed by atoms with Crippen LogP contribution in [0.15, 0.2) is 48.5 Å². The summed E-state index contributed by atoms with van der Waals surface area (Å²) in [5.41, 5.74) is 2.91. The Morgan fingerprint density at radius 3 is 1.65 bits per heavy atom. The average Bonchev–Trinajstić information content (AvgIpc) is 2.54. The topological polar surface area (TPSA) is 49.7 Å². The zero-order chi connectivity index (χ0) is 17.0. The normalized spacial score (nSPS) is 14.3. The first-order chi connectivity index (χ1) is 10.8. The van der Waals surface area contributed by atoms with Crippen molar-refractivity contribution in [2.45, 2.75) is 44.8 Å². The molecule has 0 saturated carbocycles. The van der Waals surface area contributed by atoms with Crippen molar-refractivity contribution in [2.24, 2.45) is 0 Å². The molecule has 124 valence electrons. The number of methoxy groups -OCH3 is 1. The minimum absolute atomic E-state index is 0.0894. The molecule has 0 saturated heterocycles. The van der Waals surface area contributed by atoms with Crippen molar-refractivity contribution in [1.29, 1.82) is 0 Å². The lowest BCUT2D eigenvalue weighted by atomic mass is 9.86. The molecule has 0 aliphatic rings. The molecular weight excluding hydrogens is 288 g/mol. The Kier molecular flexibility index (Phi) is 5.45. The standard InChI is InChI=1S/C20H26O3/c1-20(2,3)16-9-5-14(6-10-16)18(21)13-19(22)15-7-11-17(23-4)12-8-15/h5-12,18-19,21-22H,13H2,1-4H3/t18-,19+/m1/s1. The number of rotatable bonds is 5. The molecule has 0 amide bonds. The van der Waals surface area contributed by atoms with Crippen LogP contribution < -0.4 is 4.74 Å². The molecule has 0 bridgehead atoms. The number of hydrogen-bond acceptors (Lipinski definition) is 3. The van der Waals surface area contributed by atoms with Crippen molar-refractivity contribution in [3.05, 3.63) is 65.2 Å². The minimum atomic E-state index is -0.710. The maximum Gasteiger partial charge on any atom is 0.118 e. The maximum absolute atomic E-state index is 10.4. The SMILES string of the molecule is COc1ccc([C@@H](O)C[C@@H](O)c2ccc(C(C)(C)C)cc2)cc1. The van der Waals surface area contributed by atoms with Gasteiger partial charge in [0, 0.05) is 6.42 Å². The summed E-state index contributed by atoms with van der Waals surface area (Å²) in [5, 5.41) is 20.7. The van der Waals surface area contributed by atoms with Gasteiger partial charge >= 0.3 is 0 Å². The van der Waals surface area contributed by atoms with Crippen LogP contribution in [0.25, 0.3) is 0 Å². The molecule has 0 aromatic heterocycles. The molecule has 0 aliphatic heterocycles. The van der Waals surface area contributed by atoms with Gasteiger partial charge in [-0.1, -0.05) is 57.2 Å². The lowest BCUT2D eigenvalue weighted by Crippen LogP contribution is -2.11. The average molecular weight is 314 g/mol.